The normalized spacial score (nSPS) is 23.0. The summed E-state index contributed by atoms with van der Waals surface area (Å²) < 4.78 is 29.9. The second-order valence-corrected chi connectivity index (χ2v) is 9.11. The summed E-state index contributed by atoms with van der Waals surface area (Å²) >= 11 is 0. The van der Waals surface area contributed by atoms with Crippen LogP contribution in [0.2, 0.25) is 0 Å². The SMILES string of the molecule is CCn1ncc(CN2CCC([C@H]3Nc4ccccc4S(=O)(=O)N3)CC2)c1C. The number of benzene rings is 1. The highest BCUT2D eigenvalue weighted by Crippen LogP contribution is 2.31. The molecule has 8 heteroatoms. The Hall–Kier alpha value is -1.90. The van der Waals surface area contributed by atoms with Gasteiger partial charge in [0, 0.05) is 24.3 Å². The van der Waals surface area contributed by atoms with Gasteiger partial charge in [-0.25, -0.2) is 8.42 Å². The quantitative estimate of drug-likeness (QED) is 0.838. The zero-order chi connectivity index (χ0) is 19.0. The average molecular weight is 390 g/mol. The number of piperidine rings is 1. The predicted molar refractivity (Wildman–Crippen MR) is 105 cm³/mol. The fourth-order valence-corrected chi connectivity index (χ4v) is 5.49. The average Bonchev–Trinajstić information content (AvgIpc) is 3.01. The molecule has 2 aromatic rings. The first kappa shape index (κ1) is 18.5. The Kier molecular flexibility index (Phi) is 4.96. The molecule has 1 saturated heterocycles. The highest BCUT2D eigenvalue weighted by atomic mass is 32.2. The smallest absolute Gasteiger partial charge is 0.244 e. The van der Waals surface area contributed by atoms with Crippen LogP contribution in [0.3, 0.4) is 0 Å². The van der Waals surface area contributed by atoms with Crippen molar-refractivity contribution in [3.05, 3.63) is 41.7 Å². The van der Waals surface area contributed by atoms with E-state index in [1.807, 2.05) is 23.0 Å². The first-order chi connectivity index (χ1) is 13.0. The number of hydrogen-bond donors (Lipinski definition) is 2. The highest BCUT2D eigenvalue weighted by molar-refractivity contribution is 7.89. The van der Waals surface area contributed by atoms with Crippen molar-refractivity contribution in [3.63, 3.8) is 0 Å². The van der Waals surface area contributed by atoms with Gasteiger partial charge in [0.1, 0.15) is 4.90 Å². The van der Waals surface area contributed by atoms with E-state index in [1.165, 1.54) is 11.3 Å². The van der Waals surface area contributed by atoms with Crippen molar-refractivity contribution in [1.82, 2.24) is 19.4 Å². The van der Waals surface area contributed by atoms with E-state index in [2.05, 4.69) is 33.9 Å². The zero-order valence-electron chi connectivity index (χ0n) is 15.9. The highest BCUT2D eigenvalue weighted by Gasteiger charge is 2.35. The second-order valence-electron chi connectivity index (χ2n) is 7.42. The number of nitrogens with zero attached hydrogens (tertiary/aromatic N) is 3. The molecule has 7 nitrogen and oxygen atoms in total. The van der Waals surface area contributed by atoms with Crippen LogP contribution in [0, 0.1) is 12.8 Å². The van der Waals surface area contributed by atoms with Gasteiger partial charge in [-0.2, -0.15) is 9.82 Å². The molecule has 1 aromatic heterocycles. The minimum absolute atomic E-state index is 0.239. The number of hydrogen-bond acceptors (Lipinski definition) is 5. The van der Waals surface area contributed by atoms with Gasteiger partial charge in [-0.15, -0.1) is 0 Å². The molecule has 0 saturated carbocycles. The number of para-hydroxylation sites is 1. The van der Waals surface area contributed by atoms with E-state index in [4.69, 9.17) is 0 Å². The van der Waals surface area contributed by atoms with Crippen LogP contribution < -0.4 is 10.0 Å². The predicted octanol–water partition coefficient (Wildman–Crippen LogP) is 2.15. The molecule has 1 aromatic carbocycles. The van der Waals surface area contributed by atoms with Gasteiger partial charge < -0.3 is 5.32 Å². The molecule has 0 bridgehead atoms. The fourth-order valence-electron chi connectivity index (χ4n) is 4.11. The van der Waals surface area contributed by atoms with E-state index in [9.17, 15) is 8.42 Å². The maximum Gasteiger partial charge on any atom is 0.244 e. The van der Waals surface area contributed by atoms with Crippen molar-refractivity contribution >= 4 is 15.7 Å². The summed E-state index contributed by atoms with van der Waals surface area (Å²) in [6.45, 7) is 7.95. The minimum atomic E-state index is -3.45. The van der Waals surface area contributed by atoms with Crippen molar-refractivity contribution in [2.75, 3.05) is 18.4 Å². The van der Waals surface area contributed by atoms with Crippen LogP contribution >= 0.6 is 0 Å². The number of anilines is 1. The van der Waals surface area contributed by atoms with Crippen molar-refractivity contribution in [2.45, 2.75) is 50.8 Å². The monoisotopic (exact) mass is 389 g/mol. The molecule has 0 aliphatic carbocycles. The van der Waals surface area contributed by atoms with Crippen molar-refractivity contribution in [1.29, 1.82) is 0 Å². The molecule has 0 radical (unpaired) electrons. The van der Waals surface area contributed by atoms with Gasteiger partial charge in [-0.1, -0.05) is 12.1 Å². The Balaban J connectivity index is 1.39. The van der Waals surface area contributed by atoms with Gasteiger partial charge in [0.15, 0.2) is 0 Å². The fraction of sp³-hybridized carbons (Fsp3) is 0.526. The summed E-state index contributed by atoms with van der Waals surface area (Å²) in [5, 5.41) is 7.81. The molecular weight excluding hydrogens is 362 g/mol. The lowest BCUT2D eigenvalue weighted by atomic mass is 9.93. The summed E-state index contributed by atoms with van der Waals surface area (Å²) in [4.78, 5) is 2.77. The first-order valence-corrected chi connectivity index (χ1v) is 11.1. The van der Waals surface area contributed by atoms with E-state index in [1.54, 1.807) is 12.1 Å². The molecule has 3 heterocycles. The lowest BCUT2D eigenvalue weighted by Crippen LogP contribution is -2.51. The van der Waals surface area contributed by atoms with Gasteiger partial charge in [-0.05, 0) is 57.8 Å². The minimum Gasteiger partial charge on any atom is -0.368 e. The van der Waals surface area contributed by atoms with Crippen LogP contribution in [0.4, 0.5) is 5.69 Å². The summed E-state index contributed by atoms with van der Waals surface area (Å²) in [5.74, 6) is 0.281. The largest absolute Gasteiger partial charge is 0.368 e. The Morgan fingerprint density at radius 2 is 1.96 bits per heavy atom. The number of aryl methyl sites for hydroxylation is 1. The zero-order valence-corrected chi connectivity index (χ0v) is 16.7. The van der Waals surface area contributed by atoms with E-state index in [0.717, 1.165) is 39.0 Å². The third kappa shape index (κ3) is 3.61. The summed E-state index contributed by atoms with van der Waals surface area (Å²) in [6.07, 6.45) is 3.65. The molecule has 2 aliphatic heterocycles. The molecule has 2 aliphatic rings. The number of nitrogens with one attached hydrogen (secondary N) is 2. The van der Waals surface area contributed by atoms with Crippen LogP contribution in [-0.2, 0) is 23.1 Å². The molecule has 0 spiro atoms. The molecule has 0 amide bonds. The Labute approximate surface area is 160 Å². The van der Waals surface area contributed by atoms with Crippen molar-refractivity contribution in [2.24, 2.45) is 5.92 Å². The summed E-state index contributed by atoms with van der Waals surface area (Å²) in [5.41, 5.74) is 3.21. The van der Waals surface area contributed by atoms with Crippen molar-refractivity contribution < 1.29 is 8.42 Å². The van der Waals surface area contributed by atoms with Gasteiger partial charge in [0.05, 0.1) is 18.1 Å². The molecule has 2 N–H and O–H groups in total. The molecule has 4 rings (SSSR count). The molecule has 146 valence electrons. The lowest BCUT2D eigenvalue weighted by Gasteiger charge is -2.38. The van der Waals surface area contributed by atoms with Gasteiger partial charge in [0.25, 0.3) is 0 Å². The van der Waals surface area contributed by atoms with Gasteiger partial charge >= 0.3 is 0 Å². The van der Waals surface area contributed by atoms with Crippen LogP contribution in [0.1, 0.15) is 31.0 Å². The maximum absolute atomic E-state index is 12.5. The third-order valence-corrected chi connectivity index (χ3v) is 7.27. The summed E-state index contributed by atoms with van der Waals surface area (Å²) in [6, 6.07) is 7.10. The molecular formula is C19H27N5O2S. The van der Waals surface area contributed by atoms with E-state index in [-0.39, 0.29) is 12.1 Å². The Morgan fingerprint density at radius 1 is 1.22 bits per heavy atom. The molecule has 27 heavy (non-hydrogen) atoms. The molecule has 0 unspecified atom stereocenters. The number of fused-ring (bicyclic) bond motifs is 1. The first-order valence-electron chi connectivity index (χ1n) is 9.59. The lowest BCUT2D eigenvalue weighted by molar-refractivity contribution is 0.163. The third-order valence-electron chi connectivity index (χ3n) is 5.77. The topological polar surface area (TPSA) is 79.3 Å². The van der Waals surface area contributed by atoms with Crippen LogP contribution in [0.5, 0.6) is 0 Å². The van der Waals surface area contributed by atoms with Crippen molar-refractivity contribution in [3.8, 4) is 0 Å². The van der Waals surface area contributed by atoms with E-state index in [0.29, 0.717) is 10.6 Å². The number of likely N-dealkylation sites (tertiary alicyclic amines) is 1. The number of sulfonamides is 1. The van der Waals surface area contributed by atoms with Crippen LogP contribution in [-0.4, -0.2) is 42.4 Å². The van der Waals surface area contributed by atoms with E-state index >= 15 is 0 Å². The summed E-state index contributed by atoms with van der Waals surface area (Å²) in [7, 11) is -3.45. The van der Waals surface area contributed by atoms with Gasteiger partial charge in [0.2, 0.25) is 10.0 Å². The Bertz CT molecular complexity index is 916. The molecule has 1 atom stereocenters. The Morgan fingerprint density at radius 3 is 2.67 bits per heavy atom. The van der Waals surface area contributed by atoms with Crippen LogP contribution in [0.25, 0.3) is 0 Å². The molecule has 1 fully saturated rings. The number of aromatic nitrogens is 2. The standard InChI is InChI=1S/C19H27N5O2S/c1-3-24-14(2)16(12-20-24)13-23-10-8-15(9-11-23)19-21-17-6-4-5-7-18(17)27(25,26)22-19/h4-7,12,15,19,21-22H,3,8-11,13H2,1-2H3/t19-/m0/s1. The van der Waals surface area contributed by atoms with Gasteiger partial charge in [-0.3, -0.25) is 9.58 Å². The van der Waals surface area contributed by atoms with Crippen LogP contribution in [0.15, 0.2) is 35.4 Å². The van der Waals surface area contributed by atoms with E-state index < -0.39 is 10.0 Å². The second kappa shape index (κ2) is 7.26. The number of rotatable bonds is 4. The maximum atomic E-state index is 12.5.